The third-order valence-corrected chi connectivity index (χ3v) is 3.77. The van der Waals surface area contributed by atoms with Crippen molar-refractivity contribution < 1.29 is 9.60 Å². The molecule has 1 saturated carbocycles. The summed E-state index contributed by atoms with van der Waals surface area (Å²) >= 11 is 0. The Hall–Kier alpha value is -1.62. The van der Waals surface area contributed by atoms with Gasteiger partial charge in [0.05, 0.1) is 0 Å². The van der Waals surface area contributed by atoms with E-state index in [2.05, 4.69) is 10.5 Å². The SMILES string of the molecule is C[C@@H](NCC1(C/C(N)=N/O)CC1)c1cccc(F)c1. The van der Waals surface area contributed by atoms with Crippen LogP contribution in [-0.2, 0) is 0 Å². The van der Waals surface area contributed by atoms with Crippen LogP contribution in [0.2, 0.25) is 0 Å². The van der Waals surface area contributed by atoms with Gasteiger partial charge in [0.2, 0.25) is 0 Å². The van der Waals surface area contributed by atoms with Gasteiger partial charge in [0, 0.05) is 19.0 Å². The molecule has 0 heterocycles. The lowest BCUT2D eigenvalue weighted by Crippen LogP contribution is -2.30. The molecule has 4 nitrogen and oxygen atoms in total. The van der Waals surface area contributed by atoms with Crippen LogP contribution in [0.25, 0.3) is 0 Å². The second-order valence-electron chi connectivity index (χ2n) is 5.43. The number of hydrogen-bond donors (Lipinski definition) is 3. The van der Waals surface area contributed by atoms with Crippen molar-refractivity contribution in [2.45, 2.75) is 32.2 Å². The highest BCUT2D eigenvalue weighted by atomic mass is 19.1. The third kappa shape index (κ3) is 3.67. The van der Waals surface area contributed by atoms with Crippen LogP contribution in [0.15, 0.2) is 29.4 Å². The van der Waals surface area contributed by atoms with Gasteiger partial charge >= 0.3 is 0 Å². The minimum absolute atomic E-state index is 0.0838. The summed E-state index contributed by atoms with van der Waals surface area (Å²) in [5, 5.41) is 15.0. The molecular weight excluding hydrogens is 245 g/mol. The second-order valence-corrected chi connectivity index (χ2v) is 5.43. The number of halogens is 1. The highest BCUT2D eigenvalue weighted by molar-refractivity contribution is 5.80. The number of rotatable bonds is 6. The van der Waals surface area contributed by atoms with E-state index in [1.165, 1.54) is 6.07 Å². The summed E-state index contributed by atoms with van der Waals surface area (Å²) in [5.74, 6) is 0.0571. The van der Waals surface area contributed by atoms with Crippen molar-refractivity contribution in [1.29, 1.82) is 0 Å². The Kier molecular flexibility index (Phi) is 4.04. The maximum absolute atomic E-state index is 13.1. The molecule has 2 rings (SSSR count). The molecule has 1 aliphatic carbocycles. The van der Waals surface area contributed by atoms with Crippen LogP contribution in [0.4, 0.5) is 4.39 Å². The van der Waals surface area contributed by atoms with Crippen molar-refractivity contribution in [2.24, 2.45) is 16.3 Å². The Balaban J connectivity index is 1.89. The van der Waals surface area contributed by atoms with Gasteiger partial charge < -0.3 is 16.3 Å². The van der Waals surface area contributed by atoms with E-state index < -0.39 is 0 Å². The summed E-state index contributed by atoms with van der Waals surface area (Å²) in [4.78, 5) is 0. The summed E-state index contributed by atoms with van der Waals surface area (Å²) in [6.07, 6.45) is 2.75. The smallest absolute Gasteiger partial charge is 0.139 e. The Morgan fingerprint density at radius 1 is 1.58 bits per heavy atom. The number of oxime groups is 1. The molecule has 0 saturated heterocycles. The molecule has 0 aromatic heterocycles. The number of nitrogens with two attached hydrogens (primary N) is 1. The number of nitrogens with zero attached hydrogens (tertiary/aromatic N) is 1. The van der Waals surface area contributed by atoms with Crippen molar-refractivity contribution in [1.82, 2.24) is 5.32 Å². The first-order valence-electron chi connectivity index (χ1n) is 6.50. The molecule has 0 bridgehead atoms. The molecule has 1 aromatic rings. The standard InChI is InChI=1S/C14H20FN3O/c1-10(11-3-2-4-12(15)7-11)17-9-14(5-6-14)8-13(16)18-19/h2-4,7,10,17,19H,5-6,8-9H2,1H3,(H2,16,18)/t10-/m1/s1. The number of hydrogen-bond acceptors (Lipinski definition) is 3. The lowest BCUT2D eigenvalue weighted by Gasteiger charge is -2.20. The lowest BCUT2D eigenvalue weighted by molar-refractivity contribution is 0.313. The molecule has 1 atom stereocenters. The minimum atomic E-state index is -0.219. The minimum Gasteiger partial charge on any atom is -0.409 e. The summed E-state index contributed by atoms with van der Waals surface area (Å²) in [6.45, 7) is 2.80. The molecule has 0 unspecified atom stereocenters. The zero-order chi connectivity index (χ0) is 13.9. The number of benzene rings is 1. The van der Waals surface area contributed by atoms with Gasteiger partial charge in [0.25, 0.3) is 0 Å². The second kappa shape index (κ2) is 5.57. The highest BCUT2D eigenvalue weighted by Crippen LogP contribution is 2.48. The fraction of sp³-hybridized carbons (Fsp3) is 0.500. The Morgan fingerprint density at radius 2 is 2.32 bits per heavy atom. The van der Waals surface area contributed by atoms with Crippen molar-refractivity contribution >= 4 is 5.84 Å². The van der Waals surface area contributed by atoms with Gasteiger partial charge in [-0.3, -0.25) is 0 Å². The maximum Gasteiger partial charge on any atom is 0.139 e. The zero-order valence-electron chi connectivity index (χ0n) is 11.1. The summed E-state index contributed by atoms with van der Waals surface area (Å²) in [6, 6.07) is 6.69. The van der Waals surface area contributed by atoms with Crippen LogP contribution in [0.5, 0.6) is 0 Å². The predicted octanol–water partition coefficient (Wildman–Crippen LogP) is 2.39. The normalized spacial score (nSPS) is 19.2. The van der Waals surface area contributed by atoms with Crippen LogP contribution >= 0.6 is 0 Å². The predicted molar refractivity (Wildman–Crippen MR) is 72.5 cm³/mol. The summed E-state index contributed by atoms with van der Waals surface area (Å²) < 4.78 is 13.1. The Morgan fingerprint density at radius 3 is 2.89 bits per heavy atom. The maximum atomic E-state index is 13.1. The van der Waals surface area contributed by atoms with E-state index in [4.69, 9.17) is 10.9 Å². The molecule has 0 aliphatic heterocycles. The topological polar surface area (TPSA) is 70.6 Å². The van der Waals surface area contributed by atoms with E-state index in [9.17, 15) is 4.39 Å². The van der Waals surface area contributed by atoms with Gasteiger partial charge in [-0.05, 0) is 42.9 Å². The average Bonchev–Trinajstić information content (AvgIpc) is 3.16. The molecule has 4 N–H and O–H groups in total. The molecule has 1 aromatic carbocycles. The largest absolute Gasteiger partial charge is 0.409 e. The van der Waals surface area contributed by atoms with Crippen molar-refractivity contribution in [3.05, 3.63) is 35.6 Å². The molecule has 19 heavy (non-hydrogen) atoms. The van der Waals surface area contributed by atoms with Gasteiger partial charge in [-0.25, -0.2) is 4.39 Å². The van der Waals surface area contributed by atoms with E-state index >= 15 is 0 Å². The van der Waals surface area contributed by atoms with Gasteiger partial charge in [0.15, 0.2) is 0 Å². The molecule has 5 heteroatoms. The summed E-state index contributed by atoms with van der Waals surface area (Å²) in [5.41, 5.74) is 6.60. The van der Waals surface area contributed by atoms with Gasteiger partial charge in [-0.2, -0.15) is 0 Å². The Bertz CT molecular complexity index is 472. The van der Waals surface area contributed by atoms with E-state index in [0.29, 0.717) is 6.42 Å². The van der Waals surface area contributed by atoms with Crippen molar-refractivity contribution in [2.75, 3.05) is 6.54 Å². The zero-order valence-corrected chi connectivity index (χ0v) is 11.1. The fourth-order valence-electron chi connectivity index (χ4n) is 2.28. The van der Waals surface area contributed by atoms with Crippen molar-refractivity contribution in [3.8, 4) is 0 Å². The third-order valence-electron chi connectivity index (χ3n) is 3.77. The lowest BCUT2D eigenvalue weighted by atomic mass is 10.0. The first-order valence-corrected chi connectivity index (χ1v) is 6.50. The quantitative estimate of drug-likeness (QED) is 0.320. The first-order chi connectivity index (χ1) is 9.04. The van der Waals surface area contributed by atoms with Crippen LogP contribution < -0.4 is 11.1 Å². The molecule has 1 aliphatic rings. The van der Waals surface area contributed by atoms with Gasteiger partial charge in [-0.1, -0.05) is 17.3 Å². The molecule has 0 amide bonds. The number of nitrogens with one attached hydrogen (secondary N) is 1. The average molecular weight is 265 g/mol. The molecule has 104 valence electrons. The van der Waals surface area contributed by atoms with Crippen molar-refractivity contribution in [3.63, 3.8) is 0 Å². The monoisotopic (exact) mass is 265 g/mol. The van der Waals surface area contributed by atoms with Gasteiger partial charge in [0.1, 0.15) is 11.7 Å². The molecular formula is C14H20FN3O. The Labute approximate surface area is 112 Å². The van der Waals surface area contributed by atoms with Gasteiger partial charge in [-0.15, -0.1) is 0 Å². The van der Waals surface area contributed by atoms with E-state index in [0.717, 1.165) is 24.9 Å². The van der Waals surface area contributed by atoms with E-state index in [-0.39, 0.29) is 23.1 Å². The molecule has 0 spiro atoms. The number of amidine groups is 1. The fourth-order valence-corrected chi connectivity index (χ4v) is 2.28. The molecule has 1 fully saturated rings. The van der Waals surface area contributed by atoms with Crippen LogP contribution in [-0.4, -0.2) is 17.6 Å². The van der Waals surface area contributed by atoms with E-state index in [1.807, 2.05) is 13.0 Å². The van der Waals surface area contributed by atoms with Crippen LogP contribution in [0, 0.1) is 11.2 Å². The van der Waals surface area contributed by atoms with E-state index in [1.54, 1.807) is 12.1 Å². The van der Waals surface area contributed by atoms with Crippen LogP contribution in [0.1, 0.15) is 37.8 Å². The van der Waals surface area contributed by atoms with Crippen LogP contribution in [0.3, 0.4) is 0 Å². The first kappa shape index (κ1) is 13.8. The molecule has 0 radical (unpaired) electrons. The highest BCUT2D eigenvalue weighted by Gasteiger charge is 2.43. The summed E-state index contributed by atoms with van der Waals surface area (Å²) in [7, 11) is 0.